The smallest absolute Gasteiger partial charge is 0.233 e. The molecule has 2 aromatic carbocycles. The number of methoxy groups -OCH3 is 2. The highest BCUT2D eigenvalue weighted by Gasteiger charge is 2.45. The van der Waals surface area contributed by atoms with Crippen LogP contribution in [0.2, 0.25) is 0 Å². The van der Waals surface area contributed by atoms with Crippen LogP contribution in [0.15, 0.2) is 48.5 Å². The van der Waals surface area contributed by atoms with E-state index in [1.165, 1.54) is 5.56 Å². The maximum Gasteiger partial charge on any atom is 0.233 e. The highest BCUT2D eigenvalue weighted by molar-refractivity contribution is 5.89. The van der Waals surface area contributed by atoms with Crippen molar-refractivity contribution >= 4 is 5.91 Å². The molecule has 6 heteroatoms. The van der Waals surface area contributed by atoms with Gasteiger partial charge in [-0.2, -0.15) is 0 Å². The second kappa shape index (κ2) is 9.71. The summed E-state index contributed by atoms with van der Waals surface area (Å²) in [6.07, 6.45) is 1.37. The predicted molar refractivity (Wildman–Crippen MR) is 120 cm³/mol. The Morgan fingerprint density at radius 3 is 2.26 bits per heavy atom. The molecular weight excluding hydrogens is 392 g/mol. The van der Waals surface area contributed by atoms with E-state index in [-0.39, 0.29) is 5.91 Å². The molecule has 2 saturated heterocycles. The lowest BCUT2D eigenvalue weighted by molar-refractivity contribution is -0.143. The van der Waals surface area contributed by atoms with E-state index in [9.17, 15) is 4.79 Å². The zero-order valence-electron chi connectivity index (χ0n) is 18.5. The fourth-order valence-electron chi connectivity index (χ4n) is 4.73. The summed E-state index contributed by atoms with van der Waals surface area (Å²) in [4.78, 5) is 18.3. The molecule has 2 aromatic rings. The molecule has 4 rings (SSSR count). The maximum atomic E-state index is 13.9. The predicted octanol–water partition coefficient (Wildman–Crippen LogP) is 3.10. The summed E-state index contributed by atoms with van der Waals surface area (Å²) in [5, 5.41) is 0. The van der Waals surface area contributed by atoms with Crippen molar-refractivity contribution in [2.45, 2.75) is 24.8 Å². The molecule has 2 heterocycles. The molecule has 2 fully saturated rings. The van der Waals surface area contributed by atoms with Crippen molar-refractivity contribution in [3.05, 3.63) is 59.7 Å². The lowest BCUT2D eigenvalue weighted by Crippen LogP contribution is -2.55. The van der Waals surface area contributed by atoms with E-state index in [4.69, 9.17) is 14.2 Å². The van der Waals surface area contributed by atoms with Crippen molar-refractivity contribution in [1.29, 1.82) is 0 Å². The van der Waals surface area contributed by atoms with Gasteiger partial charge in [-0.05, 0) is 36.1 Å². The molecule has 6 nitrogen and oxygen atoms in total. The molecule has 0 bridgehead atoms. The molecule has 0 radical (unpaired) electrons. The van der Waals surface area contributed by atoms with Gasteiger partial charge in [0.05, 0.1) is 19.6 Å². The van der Waals surface area contributed by atoms with Crippen LogP contribution in [0.1, 0.15) is 24.0 Å². The average Bonchev–Trinajstić information content (AvgIpc) is 2.84. The van der Waals surface area contributed by atoms with Gasteiger partial charge in [-0.1, -0.05) is 36.4 Å². The van der Waals surface area contributed by atoms with Gasteiger partial charge >= 0.3 is 0 Å². The Balaban J connectivity index is 1.50. The summed E-state index contributed by atoms with van der Waals surface area (Å²) in [6, 6.07) is 16.4. The number of hydrogen-bond acceptors (Lipinski definition) is 5. The highest BCUT2D eigenvalue weighted by Crippen LogP contribution is 2.40. The summed E-state index contributed by atoms with van der Waals surface area (Å²) < 4.78 is 16.6. The molecule has 0 atom stereocenters. The largest absolute Gasteiger partial charge is 0.493 e. The fraction of sp³-hybridized carbons (Fsp3) is 0.480. The zero-order valence-corrected chi connectivity index (χ0v) is 18.5. The van der Waals surface area contributed by atoms with Crippen LogP contribution in [0.25, 0.3) is 0 Å². The minimum Gasteiger partial charge on any atom is -0.493 e. The molecule has 0 aromatic heterocycles. The third-order valence-electron chi connectivity index (χ3n) is 6.60. The summed E-state index contributed by atoms with van der Waals surface area (Å²) in [5.74, 6) is 1.55. The van der Waals surface area contributed by atoms with Gasteiger partial charge < -0.3 is 19.1 Å². The topological polar surface area (TPSA) is 51.2 Å². The number of carbonyl (C=O) groups is 1. The normalized spacial score (nSPS) is 19.1. The van der Waals surface area contributed by atoms with E-state index in [1.54, 1.807) is 14.2 Å². The average molecular weight is 425 g/mol. The van der Waals surface area contributed by atoms with Gasteiger partial charge in [-0.15, -0.1) is 0 Å². The number of rotatable bonds is 6. The lowest BCUT2D eigenvalue weighted by atomic mass is 9.72. The lowest BCUT2D eigenvalue weighted by Gasteiger charge is -2.43. The van der Waals surface area contributed by atoms with Gasteiger partial charge in [0.25, 0.3) is 0 Å². The van der Waals surface area contributed by atoms with Gasteiger partial charge in [0.15, 0.2) is 11.5 Å². The summed E-state index contributed by atoms with van der Waals surface area (Å²) in [7, 11) is 3.26. The van der Waals surface area contributed by atoms with Crippen LogP contribution >= 0.6 is 0 Å². The Morgan fingerprint density at radius 1 is 0.935 bits per heavy atom. The number of benzene rings is 2. The van der Waals surface area contributed by atoms with Gasteiger partial charge in [0, 0.05) is 45.9 Å². The van der Waals surface area contributed by atoms with Crippen LogP contribution in [0.4, 0.5) is 0 Å². The Morgan fingerprint density at radius 2 is 1.61 bits per heavy atom. The molecular formula is C25H32N2O4. The van der Waals surface area contributed by atoms with E-state index >= 15 is 0 Å². The van der Waals surface area contributed by atoms with Crippen LogP contribution in [0.5, 0.6) is 11.5 Å². The van der Waals surface area contributed by atoms with Crippen molar-refractivity contribution in [1.82, 2.24) is 9.80 Å². The Kier molecular flexibility index (Phi) is 6.78. The van der Waals surface area contributed by atoms with E-state index in [1.807, 2.05) is 29.2 Å². The minimum atomic E-state index is -0.570. The number of hydrogen-bond donors (Lipinski definition) is 0. The maximum absolute atomic E-state index is 13.9. The number of ether oxygens (including phenoxy) is 3. The molecule has 2 aliphatic rings. The van der Waals surface area contributed by atoms with Crippen molar-refractivity contribution in [3.63, 3.8) is 0 Å². The van der Waals surface area contributed by atoms with Crippen LogP contribution in [-0.2, 0) is 21.5 Å². The molecule has 166 valence electrons. The molecule has 1 amide bonds. The Bertz CT molecular complexity index is 872. The van der Waals surface area contributed by atoms with Gasteiger partial charge in [-0.3, -0.25) is 9.69 Å². The molecule has 2 aliphatic heterocycles. The fourth-order valence-corrected chi connectivity index (χ4v) is 4.73. The van der Waals surface area contributed by atoms with Crippen LogP contribution in [-0.4, -0.2) is 69.3 Å². The van der Waals surface area contributed by atoms with Crippen molar-refractivity contribution in [2.75, 3.05) is 53.6 Å². The monoisotopic (exact) mass is 424 g/mol. The first-order chi connectivity index (χ1) is 15.2. The van der Waals surface area contributed by atoms with Crippen molar-refractivity contribution < 1.29 is 19.0 Å². The molecule has 0 aliphatic carbocycles. The zero-order chi connectivity index (χ0) is 21.7. The van der Waals surface area contributed by atoms with Crippen LogP contribution in [0.3, 0.4) is 0 Å². The third-order valence-corrected chi connectivity index (χ3v) is 6.60. The number of carbonyl (C=O) groups excluding carboxylic acids is 1. The van der Waals surface area contributed by atoms with Gasteiger partial charge in [0.1, 0.15) is 0 Å². The van der Waals surface area contributed by atoms with Crippen LogP contribution in [0, 0.1) is 0 Å². The first-order valence-electron chi connectivity index (χ1n) is 11.0. The molecule has 0 N–H and O–H groups in total. The third kappa shape index (κ3) is 4.55. The summed E-state index contributed by atoms with van der Waals surface area (Å²) in [5.41, 5.74) is 1.73. The number of piperazine rings is 1. The quantitative estimate of drug-likeness (QED) is 0.713. The number of amides is 1. The van der Waals surface area contributed by atoms with Crippen LogP contribution < -0.4 is 9.47 Å². The van der Waals surface area contributed by atoms with Crippen molar-refractivity contribution in [2.24, 2.45) is 0 Å². The van der Waals surface area contributed by atoms with E-state index in [2.05, 4.69) is 29.2 Å². The molecule has 0 spiro atoms. The molecule has 0 unspecified atom stereocenters. The standard InChI is InChI=1S/C25H32N2O4/c1-29-22-9-8-21(18-23(22)30-2)25(10-16-31-17-11-25)24(28)27-14-12-26(13-15-27)19-20-6-4-3-5-7-20/h3-9,18H,10-17,19H2,1-2H3. The molecule has 31 heavy (non-hydrogen) atoms. The van der Waals surface area contributed by atoms with E-state index < -0.39 is 5.41 Å². The van der Waals surface area contributed by atoms with Crippen molar-refractivity contribution in [3.8, 4) is 11.5 Å². The van der Waals surface area contributed by atoms with Gasteiger partial charge in [0.2, 0.25) is 5.91 Å². The molecule has 0 saturated carbocycles. The summed E-state index contributed by atoms with van der Waals surface area (Å²) >= 11 is 0. The summed E-state index contributed by atoms with van der Waals surface area (Å²) in [6.45, 7) is 5.39. The Hall–Kier alpha value is -2.57. The second-order valence-corrected chi connectivity index (χ2v) is 8.32. The first kappa shape index (κ1) is 21.7. The second-order valence-electron chi connectivity index (χ2n) is 8.32. The number of nitrogens with zero attached hydrogens (tertiary/aromatic N) is 2. The van der Waals surface area contributed by atoms with Gasteiger partial charge in [-0.25, -0.2) is 0 Å². The Labute approximate surface area is 184 Å². The minimum absolute atomic E-state index is 0.211. The van der Waals surface area contributed by atoms with E-state index in [0.717, 1.165) is 38.3 Å². The van der Waals surface area contributed by atoms with E-state index in [0.29, 0.717) is 37.6 Å². The SMILES string of the molecule is COc1ccc(C2(C(=O)N3CCN(Cc4ccccc4)CC3)CCOCC2)cc1OC. The first-order valence-corrected chi connectivity index (χ1v) is 11.0. The highest BCUT2D eigenvalue weighted by atomic mass is 16.5.